The first kappa shape index (κ1) is 10.6. The lowest BCUT2D eigenvalue weighted by molar-refractivity contribution is 0.0513. The lowest BCUT2D eigenvalue weighted by atomic mass is 10.2. The number of aromatic hydroxyl groups is 1. The minimum atomic E-state index is -0.596. The fraction of sp³-hybridized carbons (Fsp3) is 0.556. The summed E-state index contributed by atoms with van der Waals surface area (Å²) in [5.74, 6) is -0.0177. The zero-order valence-corrected chi connectivity index (χ0v) is 8.74. The van der Waals surface area contributed by atoms with Crippen molar-refractivity contribution in [1.29, 1.82) is 0 Å². The third kappa shape index (κ3) is 2.48. The van der Waals surface area contributed by atoms with Crippen molar-refractivity contribution in [2.24, 2.45) is 0 Å². The van der Waals surface area contributed by atoms with Crippen LogP contribution in [-0.2, 0) is 4.74 Å². The van der Waals surface area contributed by atoms with Crippen LogP contribution < -0.4 is 0 Å². The van der Waals surface area contributed by atoms with Crippen LogP contribution in [-0.4, -0.2) is 26.6 Å². The molecule has 0 unspecified atom stereocenters. The average molecular weight is 198 g/mol. The van der Waals surface area contributed by atoms with Crippen LogP contribution in [0.15, 0.2) is 6.20 Å². The number of rotatable bonds is 0. The highest BCUT2D eigenvalue weighted by molar-refractivity contribution is 5.70. The van der Waals surface area contributed by atoms with Crippen LogP contribution >= 0.6 is 0 Å². The van der Waals surface area contributed by atoms with Gasteiger partial charge in [0.25, 0.3) is 0 Å². The van der Waals surface area contributed by atoms with Crippen molar-refractivity contribution in [2.45, 2.75) is 33.3 Å². The second-order valence-electron chi connectivity index (χ2n) is 4.02. The Morgan fingerprint density at radius 1 is 1.57 bits per heavy atom. The molecule has 0 atom stereocenters. The summed E-state index contributed by atoms with van der Waals surface area (Å²) < 4.78 is 6.02. The van der Waals surface area contributed by atoms with Gasteiger partial charge in [0.1, 0.15) is 11.3 Å². The minimum Gasteiger partial charge on any atom is -0.504 e. The summed E-state index contributed by atoms with van der Waals surface area (Å²) in [5.41, 5.74) is -0.164. The van der Waals surface area contributed by atoms with E-state index >= 15 is 0 Å². The predicted molar refractivity (Wildman–Crippen MR) is 50.3 cm³/mol. The van der Waals surface area contributed by atoms with Crippen molar-refractivity contribution in [1.82, 2.24) is 9.78 Å². The molecule has 5 heteroatoms. The number of carbonyl (C=O) groups excluding carboxylic acids is 1. The number of aryl methyl sites for hydroxylation is 1. The molecule has 5 nitrogen and oxygen atoms in total. The Morgan fingerprint density at radius 2 is 2.14 bits per heavy atom. The molecule has 0 bridgehead atoms. The van der Waals surface area contributed by atoms with Gasteiger partial charge in [-0.05, 0) is 27.7 Å². The quantitative estimate of drug-likeness (QED) is 0.688. The van der Waals surface area contributed by atoms with E-state index in [1.807, 2.05) is 0 Å². The van der Waals surface area contributed by atoms with Gasteiger partial charge in [0.05, 0.1) is 6.20 Å². The van der Waals surface area contributed by atoms with Crippen molar-refractivity contribution in [3.05, 3.63) is 11.9 Å². The molecule has 1 aromatic heterocycles. The smallest absolute Gasteiger partial charge is 0.435 e. The zero-order valence-electron chi connectivity index (χ0n) is 8.74. The van der Waals surface area contributed by atoms with E-state index in [0.717, 1.165) is 4.68 Å². The summed E-state index contributed by atoms with van der Waals surface area (Å²) in [6, 6.07) is 0. The van der Waals surface area contributed by atoms with Crippen LogP contribution in [0.1, 0.15) is 26.5 Å². The Kier molecular flexibility index (Phi) is 2.51. The minimum absolute atomic E-state index is 0.0177. The summed E-state index contributed by atoms with van der Waals surface area (Å²) >= 11 is 0. The van der Waals surface area contributed by atoms with E-state index in [9.17, 15) is 9.90 Å². The second-order valence-corrected chi connectivity index (χ2v) is 4.02. The monoisotopic (exact) mass is 198 g/mol. The molecule has 14 heavy (non-hydrogen) atoms. The maximum atomic E-state index is 11.4. The molecule has 1 rings (SSSR count). The van der Waals surface area contributed by atoms with Crippen molar-refractivity contribution in [3.63, 3.8) is 0 Å². The molecule has 1 N–H and O–H groups in total. The molecule has 0 aliphatic heterocycles. The molecule has 0 radical (unpaired) electrons. The molecular weight excluding hydrogens is 184 g/mol. The normalized spacial score (nSPS) is 11.4. The van der Waals surface area contributed by atoms with E-state index in [2.05, 4.69) is 5.10 Å². The first-order valence-electron chi connectivity index (χ1n) is 4.28. The Bertz CT molecular complexity index is 330. The molecule has 0 saturated carbocycles. The molecule has 0 aliphatic rings. The van der Waals surface area contributed by atoms with E-state index in [1.165, 1.54) is 6.20 Å². The fourth-order valence-corrected chi connectivity index (χ4v) is 0.853. The van der Waals surface area contributed by atoms with E-state index < -0.39 is 11.7 Å². The van der Waals surface area contributed by atoms with Gasteiger partial charge in [-0.25, -0.2) is 4.79 Å². The first-order chi connectivity index (χ1) is 6.29. The molecule has 78 valence electrons. The van der Waals surface area contributed by atoms with Gasteiger partial charge in [-0.3, -0.25) is 0 Å². The van der Waals surface area contributed by atoms with Crippen LogP contribution in [0.25, 0.3) is 0 Å². The zero-order chi connectivity index (χ0) is 10.9. The SMILES string of the molecule is Cc1nn(C(=O)OC(C)(C)C)cc1O. The molecule has 0 spiro atoms. The maximum absolute atomic E-state index is 11.4. The lowest BCUT2D eigenvalue weighted by Gasteiger charge is -2.18. The predicted octanol–water partition coefficient (Wildman–Crippen LogP) is 1.68. The highest BCUT2D eigenvalue weighted by atomic mass is 16.6. The largest absolute Gasteiger partial charge is 0.504 e. The van der Waals surface area contributed by atoms with Crippen molar-refractivity contribution in [3.8, 4) is 5.75 Å². The highest BCUT2D eigenvalue weighted by Crippen LogP contribution is 2.14. The highest BCUT2D eigenvalue weighted by Gasteiger charge is 2.19. The Morgan fingerprint density at radius 3 is 2.50 bits per heavy atom. The van der Waals surface area contributed by atoms with Gasteiger partial charge < -0.3 is 9.84 Å². The van der Waals surface area contributed by atoms with Crippen LogP contribution in [0.5, 0.6) is 5.75 Å². The molecule has 0 amide bonds. The molecule has 1 heterocycles. The topological polar surface area (TPSA) is 64.4 Å². The van der Waals surface area contributed by atoms with Crippen LogP contribution in [0.3, 0.4) is 0 Å². The number of aromatic nitrogens is 2. The number of nitrogens with zero attached hydrogens (tertiary/aromatic N) is 2. The summed E-state index contributed by atoms with van der Waals surface area (Å²) in [5, 5.41) is 13.0. The summed E-state index contributed by atoms with van der Waals surface area (Å²) in [7, 11) is 0. The van der Waals surface area contributed by atoms with Gasteiger partial charge in [0.2, 0.25) is 0 Å². The van der Waals surface area contributed by atoms with Gasteiger partial charge >= 0.3 is 6.09 Å². The van der Waals surface area contributed by atoms with Gasteiger partial charge in [-0.2, -0.15) is 9.78 Å². The molecule has 0 saturated heterocycles. The Hall–Kier alpha value is -1.52. The van der Waals surface area contributed by atoms with E-state index in [1.54, 1.807) is 27.7 Å². The third-order valence-corrected chi connectivity index (χ3v) is 1.45. The Labute approximate surface area is 82.3 Å². The van der Waals surface area contributed by atoms with E-state index in [-0.39, 0.29) is 5.75 Å². The first-order valence-corrected chi connectivity index (χ1v) is 4.28. The van der Waals surface area contributed by atoms with Gasteiger partial charge in [-0.15, -0.1) is 0 Å². The second kappa shape index (κ2) is 3.32. The third-order valence-electron chi connectivity index (χ3n) is 1.45. The molecule has 0 aromatic carbocycles. The Balaban J connectivity index is 2.80. The van der Waals surface area contributed by atoms with Crippen molar-refractivity contribution in [2.75, 3.05) is 0 Å². The van der Waals surface area contributed by atoms with Gasteiger partial charge in [0, 0.05) is 0 Å². The maximum Gasteiger partial charge on any atom is 0.435 e. The number of hydrogen-bond donors (Lipinski definition) is 1. The van der Waals surface area contributed by atoms with Crippen molar-refractivity contribution < 1.29 is 14.6 Å². The molecule has 1 aromatic rings. The van der Waals surface area contributed by atoms with Crippen LogP contribution in [0, 0.1) is 6.92 Å². The standard InChI is InChI=1S/C9H14N2O3/c1-6-7(12)5-11(10-6)8(13)14-9(2,3)4/h5,12H,1-4H3. The van der Waals surface area contributed by atoms with Crippen molar-refractivity contribution >= 4 is 6.09 Å². The lowest BCUT2D eigenvalue weighted by Crippen LogP contribution is -2.27. The number of hydrogen-bond acceptors (Lipinski definition) is 4. The summed E-state index contributed by atoms with van der Waals surface area (Å²) in [6.45, 7) is 6.90. The van der Waals surface area contributed by atoms with E-state index in [4.69, 9.17) is 4.74 Å². The van der Waals surface area contributed by atoms with E-state index in [0.29, 0.717) is 5.69 Å². The molecule has 0 aliphatic carbocycles. The fourth-order valence-electron chi connectivity index (χ4n) is 0.853. The summed E-state index contributed by atoms with van der Waals surface area (Å²) in [6.07, 6.45) is 0.629. The number of carbonyl (C=O) groups is 1. The van der Waals surface area contributed by atoms with Crippen LogP contribution in [0.4, 0.5) is 4.79 Å². The molecule has 0 fully saturated rings. The number of ether oxygens (including phenoxy) is 1. The van der Waals surface area contributed by atoms with Crippen LogP contribution in [0.2, 0.25) is 0 Å². The average Bonchev–Trinajstić information content (AvgIpc) is 2.28. The van der Waals surface area contributed by atoms with Gasteiger partial charge in [0.15, 0.2) is 5.75 Å². The summed E-state index contributed by atoms with van der Waals surface area (Å²) in [4.78, 5) is 11.4. The van der Waals surface area contributed by atoms with Gasteiger partial charge in [-0.1, -0.05) is 0 Å². The molecular formula is C9H14N2O3.